The summed E-state index contributed by atoms with van der Waals surface area (Å²) < 4.78 is 6.80. The van der Waals surface area contributed by atoms with Crippen LogP contribution in [-0.4, -0.2) is 53.8 Å². The zero-order valence-corrected chi connectivity index (χ0v) is 12.5. The molecule has 0 aliphatic carbocycles. The van der Waals surface area contributed by atoms with Crippen LogP contribution in [0.1, 0.15) is 20.1 Å². The largest absolute Gasteiger partial charge is 0.387 e. The molecule has 0 bridgehead atoms. The molecule has 1 saturated heterocycles. The molecule has 1 aliphatic rings. The number of aliphatic hydroxyl groups is 2. The van der Waals surface area contributed by atoms with Crippen molar-refractivity contribution in [2.45, 2.75) is 38.4 Å². The summed E-state index contributed by atoms with van der Waals surface area (Å²) >= 11 is 0. The van der Waals surface area contributed by atoms with E-state index < -0.39 is 30.1 Å². The minimum Gasteiger partial charge on any atom is -0.387 e. The molecule has 3 heterocycles. The first-order valence-electron chi connectivity index (χ1n) is 7.09. The number of nitrogens with zero attached hydrogens (tertiary/aromatic N) is 3. The van der Waals surface area contributed by atoms with E-state index in [0.717, 1.165) is 0 Å². The van der Waals surface area contributed by atoms with E-state index in [0.29, 0.717) is 0 Å². The number of hydrogen-bond donors (Lipinski definition) is 4. The van der Waals surface area contributed by atoms with Crippen LogP contribution in [0, 0.1) is 5.92 Å². The van der Waals surface area contributed by atoms with Crippen molar-refractivity contribution in [1.82, 2.24) is 19.5 Å². The summed E-state index contributed by atoms with van der Waals surface area (Å²) in [7, 11) is 0. The van der Waals surface area contributed by atoms with E-state index in [1.54, 1.807) is 13.8 Å². The number of nitrogens with one attached hydrogen (secondary N) is 1. The fourth-order valence-corrected chi connectivity index (χ4v) is 2.58. The third kappa shape index (κ3) is 2.40. The highest BCUT2D eigenvalue weighted by atomic mass is 16.6. The molecular formula is C13H17N5O5. The van der Waals surface area contributed by atoms with E-state index in [-0.39, 0.29) is 28.8 Å². The topological polar surface area (TPSA) is 156 Å². The predicted molar refractivity (Wildman–Crippen MR) is 78.3 cm³/mol. The van der Waals surface area contributed by atoms with Gasteiger partial charge in [0.15, 0.2) is 23.2 Å². The molecule has 1 aliphatic heterocycles. The molecule has 5 N–H and O–H groups in total. The summed E-state index contributed by atoms with van der Waals surface area (Å²) in [6.45, 7) is 3.35. The molecular weight excluding hydrogens is 306 g/mol. The maximum Gasteiger partial charge on any atom is 0.280 e. The highest BCUT2D eigenvalue weighted by Gasteiger charge is 2.48. The number of carbonyl (C=O) groups excluding carboxylic acids is 1. The number of nitrogen functional groups attached to an aromatic ring is 1. The van der Waals surface area contributed by atoms with Gasteiger partial charge in [0.25, 0.3) is 5.56 Å². The maximum atomic E-state index is 12.1. The van der Waals surface area contributed by atoms with Gasteiger partial charge in [-0.1, -0.05) is 13.8 Å². The number of Topliss-reactive ketones (excluding diaryl/α,β-unsaturated/α-hetero) is 1. The van der Waals surface area contributed by atoms with Gasteiger partial charge >= 0.3 is 0 Å². The van der Waals surface area contributed by atoms with Crippen molar-refractivity contribution < 1.29 is 19.7 Å². The van der Waals surface area contributed by atoms with E-state index >= 15 is 0 Å². The SMILES string of the molecule is CC(C)C(=O)[C@H]1O[C@@H](n2cnc3c(=O)[nH]c(N)nc32)[C@H](O)[C@@H]1O. The predicted octanol–water partition coefficient (Wildman–Crippen LogP) is -1.45. The molecule has 0 spiro atoms. The van der Waals surface area contributed by atoms with Crippen molar-refractivity contribution in [3.63, 3.8) is 0 Å². The van der Waals surface area contributed by atoms with Crippen LogP contribution in [0.15, 0.2) is 11.1 Å². The number of nitrogens with two attached hydrogens (primary N) is 1. The number of ketones is 1. The molecule has 4 atom stereocenters. The number of fused-ring (bicyclic) bond motifs is 1. The summed E-state index contributed by atoms with van der Waals surface area (Å²) in [6.07, 6.45) is -3.77. The van der Waals surface area contributed by atoms with Crippen molar-refractivity contribution in [3.8, 4) is 0 Å². The summed E-state index contributed by atoms with van der Waals surface area (Å²) in [6, 6.07) is 0. The van der Waals surface area contributed by atoms with Crippen LogP contribution in [0.5, 0.6) is 0 Å². The van der Waals surface area contributed by atoms with Crippen LogP contribution in [-0.2, 0) is 9.53 Å². The first-order valence-corrected chi connectivity index (χ1v) is 7.09. The number of carbonyl (C=O) groups is 1. The van der Waals surface area contributed by atoms with Gasteiger partial charge in [-0.3, -0.25) is 19.1 Å². The number of aliphatic hydroxyl groups excluding tert-OH is 2. The Balaban J connectivity index is 2.03. The molecule has 2 aromatic heterocycles. The number of aromatic amines is 1. The lowest BCUT2D eigenvalue weighted by molar-refractivity contribution is -0.138. The Morgan fingerprint density at radius 3 is 2.78 bits per heavy atom. The van der Waals surface area contributed by atoms with E-state index in [1.807, 2.05) is 0 Å². The van der Waals surface area contributed by atoms with Gasteiger partial charge in [0.1, 0.15) is 18.3 Å². The van der Waals surface area contributed by atoms with Gasteiger partial charge in [0.2, 0.25) is 5.95 Å². The van der Waals surface area contributed by atoms with Gasteiger partial charge in [0, 0.05) is 5.92 Å². The molecule has 1 fully saturated rings. The van der Waals surface area contributed by atoms with Gasteiger partial charge in [-0.15, -0.1) is 0 Å². The summed E-state index contributed by atoms with van der Waals surface area (Å²) in [5, 5.41) is 20.3. The molecule has 23 heavy (non-hydrogen) atoms. The Morgan fingerprint density at radius 1 is 1.43 bits per heavy atom. The van der Waals surface area contributed by atoms with Gasteiger partial charge in [-0.05, 0) is 0 Å². The maximum absolute atomic E-state index is 12.1. The van der Waals surface area contributed by atoms with E-state index in [4.69, 9.17) is 10.5 Å². The Bertz CT molecular complexity index is 813. The number of H-pyrrole nitrogens is 1. The van der Waals surface area contributed by atoms with E-state index in [9.17, 15) is 19.8 Å². The standard InChI is InChI=1S/C13H17N5O5/c1-4(2)6(19)9-7(20)8(21)12(23-9)18-3-15-5-10(18)16-13(14)17-11(5)22/h3-4,7-9,12,20-21H,1-2H3,(H3,14,16,17,22)/t7-,8+,9+,12+/m0/s1. The third-order valence-corrected chi connectivity index (χ3v) is 3.81. The molecule has 0 unspecified atom stereocenters. The van der Waals surface area contributed by atoms with Gasteiger partial charge in [0.05, 0.1) is 6.33 Å². The zero-order valence-electron chi connectivity index (χ0n) is 12.5. The van der Waals surface area contributed by atoms with Crippen LogP contribution in [0.25, 0.3) is 11.2 Å². The normalized spacial score (nSPS) is 27.9. The second-order valence-electron chi connectivity index (χ2n) is 5.76. The molecule has 0 amide bonds. The quantitative estimate of drug-likeness (QED) is 0.534. The first kappa shape index (κ1) is 15.6. The van der Waals surface area contributed by atoms with Gasteiger partial charge in [-0.25, -0.2) is 4.98 Å². The number of aromatic nitrogens is 4. The number of rotatable bonds is 3. The number of ether oxygens (including phenoxy) is 1. The van der Waals surface area contributed by atoms with Crippen molar-refractivity contribution >= 4 is 22.9 Å². The Labute approximate surface area is 129 Å². The lowest BCUT2D eigenvalue weighted by Crippen LogP contribution is -2.37. The molecule has 10 nitrogen and oxygen atoms in total. The second kappa shape index (κ2) is 5.41. The molecule has 2 aromatic rings. The minimum atomic E-state index is -1.38. The van der Waals surface area contributed by atoms with E-state index in [1.165, 1.54) is 10.9 Å². The average molecular weight is 323 g/mol. The molecule has 0 aromatic carbocycles. The Morgan fingerprint density at radius 2 is 2.13 bits per heavy atom. The van der Waals surface area contributed by atoms with Crippen LogP contribution in [0.2, 0.25) is 0 Å². The van der Waals surface area contributed by atoms with Crippen LogP contribution in [0.4, 0.5) is 5.95 Å². The number of hydrogen-bond acceptors (Lipinski definition) is 8. The van der Waals surface area contributed by atoms with Crippen LogP contribution >= 0.6 is 0 Å². The van der Waals surface area contributed by atoms with Crippen LogP contribution < -0.4 is 11.3 Å². The zero-order chi connectivity index (χ0) is 16.9. The lowest BCUT2D eigenvalue weighted by atomic mass is 9.99. The third-order valence-electron chi connectivity index (χ3n) is 3.81. The van der Waals surface area contributed by atoms with Crippen molar-refractivity contribution in [3.05, 3.63) is 16.7 Å². The number of imidazole rings is 1. The molecule has 124 valence electrons. The highest BCUT2D eigenvalue weighted by molar-refractivity contribution is 5.85. The van der Waals surface area contributed by atoms with Crippen molar-refractivity contribution in [2.24, 2.45) is 5.92 Å². The first-order chi connectivity index (χ1) is 10.8. The second-order valence-corrected chi connectivity index (χ2v) is 5.76. The lowest BCUT2D eigenvalue weighted by Gasteiger charge is -2.16. The minimum absolute atomic E-state index is 0.0168. The Hall–Kier alpha value is -2.30. The summed E-state index contributed by atoms with van der Waals surface area (Å²) in [5.41, 5.74) is 5.09. The number of anilines is 1. The Kier molecular flexibility index (Phi) is 3.66. The van der Waals surface area contributed by atoms with Crippen molar-refractivity contribution in [1.29, 1.82) is 0 Å². The summed E-state index contributed by atoms with van der Waals surface area (Å²) in [5.74, 6) is -0.808. The molecule has 0 radical (unpaired) electrons. The van der Waals surface area contributed by atoms with Gasteiger partial charge < -0.3 is 20.7 Å². The monoisotopic (exact) mass is 323 g/mol. The van der Waals surface area contributed by atoms with Crippen LogP contribution in [0.3, 0.4) is 0 Å². The fraction of sp³-hybridized carbons (Fsp3) is 0.538. The average Bonchev–Trinajstić information content (AvgIpc) is 3.01. The molecule has 10 heteroatoms. The molecule has 0 saturated carbocycles. The van der Waals surface area contributed by atoms with Gasteiger partial charge in [-0.2, -0.15) is 4.98 Å². The summed E-state index contributed by atoms with van der Waals surface area (Å²) in [4.78, 5) is 34.0. The van der Waals surface area contributed by atoms with Crippen molar-refractivity contribution in [2.75, 3.05) is 5.73 Å². The van der Waals surface area contributed by atoms with E-state index in [2.05, 4.69) is 15.0 Å². The molecule has 3 rings (SSSR count). The highest BCUT2D eigenvalue weighted by Crippen LogP contribution is 2.32. The smallest absolute Gasteiger partial charge is 0.280 e. The fourth-order valence-electron chi connectivity index (χ4n) is 2.58.